The molecule has 28 heavy (non-hydrogen) atoms. The second kappa shape index (κ2) is 9.38. The number of ether oxygens (including phenoxy) is 2. The van der Waals surface area contributed by atoms with Crippen molar-refractivity contribution in [3.8, 4) is 5.75 Å². The first kappa shape index (κ1) is 22.2. The standard InChI is InChI=1S/C19H28N2O6S/c1-12-6-5-7-15(13(12)2)21-18(22)11-27-19(23)14-8-9-16(26-4)17(10-14)28(24,25)20-3/h8-10,12-13,15,20H,5-7,11H2,1-4H3,(H,21,22)/t12-,13-,15+/m1/s1. The molecule has 0 spiro atoms. The molecule has 0 aromatic heterocycles. The van der Waals surface area contributed by atoms with Crippen LogP contribution in [0.2, 0.25) is 0 Å². The molecule has 1 aromatic carbocycles. The van der Waals surface area contributed by atoms with Gasteiger partial charge < -0.3 is 14.8 Å². The number of esters is 1. The number of carbonyl (C=O) groups excluding carboxylic acids is 2. The minimum absolute atomic E-state index is 0.0158. The van der Waals surface area contributed by atoms with Crippen LogP contribution in [-0.4, -0.2) is 47.1 Å². The van der Waals surface area contributed by atoms with E-state index in [0.717, 1.165) is 25.3 Å². The Balaban J connectivity index is 2.01. The fourth-order valence-corrected chi connectivity index (χ4v) is 4.29. The van der Waals surface area contributed by atoms with Gasteiger partial charge in [0.1, 0.15) is 10.6 Å². The van der Waals surface area contributed by atoms with E-state index in [0.29, 0.717) is 11.8 Å². The summed E-state index contributed by atoms with van der Waals surface area (Å²) in [7, 11) is -1.23. The number of nitrogens with one attached hydrogen (secondary N) is 2. The van der Waals surface area contributed by atoms with E-state index in [9.17, 15) is 18.0 Å². The maximum atomic E-state index is 12.3. The predicted molar refractivity (Wildman–Crippen MR) is 104 cm³/mol. The number of hydrogen-bond acceptors (Lipinski definition) is 6. The fourth-order valence-electron chi connectivity index (χ4n) is 3.37. The number of methoxy groups -OCH3 is 1. The van der Waals surface area contributed by atoms with E-state index < -0.39 is 22.6 Å². The zero-order valence-corrected chi connectivity index (χ0v) is 17.5. The molecule has 1 amide bonds. The van der Waals surface area contributed by atoms with Crippen LogP contribution in [0.4, 0.5) is 0 Å². The van der Waals surface area contributed by atoms with Crippen molar-refractivity contribution in [2.75, 3.05) is 20.8 Å². The van der Waals surface area contributed by atoms with Crippen molar-refractivity contribution >= 4 is 21.9 Å². The summed E-state index contributed by atoms with van der Waals surface area (Å²) >= 11 is 0. The Kier molecular flexibility index (Phi) is 7.42. The summed E-state index contributed by atoms with van der Waals surface area (Å²) in [5.41, 5.74) is 0.0158. The summed E-state index contributed by atoms with van der Waals surface area (Å²) < 4.78 is 36.5. The Hall–Kier alpha value is -2.13. The fraction of sp³-hybridized carbons (Fsp3) is 0.579. The van der Waals surface area contributed by atoms with Crippen molar-refractivity contribution in [2.24, 2.45) is 11.8 Å². The van der Waals surface area contributed by atoms with Crippen LogP contribution in [0.5, 0.6) is 5.75 Å². The molecule has 2 rings (SSSR count). The summed E-state index contributed by atoms with van der Waals surface area (Å²) in [4.78, 5) is 24.2. The van der Waals surface area contributed by atoms with Crippen LogP contribution in [0.15, 0.2) is 23.1 Å². The summed E-state index contributed by atoms with van der Waals surface area (Å²) in [5.74, 6) is -0.145. The van der Waals surface area contributed by atoms with Gasteiger partial charge in [0.2, 0.25) is 10.0 Å². The Morgan fingerprint density at radius 3 is 2.57 bits per heavy atom. The van der Waals surface area contributed by atoms with Crippen LogP contribution in [0.1, 0.15) is 43.5 Å². The van der Waals surface area contributed by atoms with Crippen molar-refractivity contribution in [1.82, 2.24) is 10.0 Å². The van der Waals surface area contributed by atoms with Crippen molar-refractivity contribution < 1.29 is 27.5 Å². The number of sulfonamides is 1. The lowest BCUT2D eigenvalue weighted by molar-refractivity contribution is -0.125. The van der Waals surface area contributed by atoms with E-state index in [4.69, 9.17) is 9.47 Å². The number of rotatable bonds is 7. The van der Waals surface area contributed by atoms with Crippen molar-refractivity contribution in [3.63, 3.8) is 0 Å². The molecule has 9 heteroatoms. The lowest BCUT2D eigenvalue weighted by Crippen LogP contribution is -2.45. The minimum atomic E-state index is -3.82. The van der Waals surface area contributed by atoms with Gasteiger partial charge in [-0.3, -0.25) is 4.79 Å². The molecule has 0 unspecified atom stereocenters. The maximum absolute atomic E-state index is 12.3. The molecule has 1 aliphatic carbocycles. The van der Waals surface area contributed by atoms with E-state index in [1.165, 1.54) is 26.3 Å². The van der Waals surface area contributed by atoms with E-state index in [1.54, 1.807) is 0 Å². The highest BCUT2D eigenvalue weighted by atomic mass is 32.2. The van der Waals surface area contributed by atoms with E-state index in [2.05, 4.69) is 23.9 Å². The zero-order chi connectivity index (χ0) is 20.9. The zero-order valence-electron chi connectivity index (χ0n) is 16.7. The van der Waals surface area contributed by atoms with Gasteiger partial charge in [0.25, 0.3) is 5.91 Å². The first-order valence-corrected chi connectivity index (χ1v) is 10.8. The van der Waals surface area contributed by atoms with Crippen LogP contribution in [0.3, 0.4) is 0 Å². The number of amides is 1. The van der Waals surface area contributed by atoms with Gasteiger partial charge in [-0.1, -0.05) is 26.7 Å². The summed E-state index contributed by atoms with van der Waals surface area (Å²) in [6, 6.07) is 3.99. The molecule has 1 aliphatic rings. The molecule has 3 atom stereocenters. The highest BCUT2D eigenvalue weighted by Crippen LogP contribution is 2.29. The minimum Gasteiger partial charge on any atom is -0.495 e. The molecule has 2 N–H and O–H groups in total. The van der Waals surface area contributed by atoms with Gasteiger partial charge in [0, 0.05) is 6.04 Å². The Morgan fingerprint density at radius 2 is 1.93 bits per heavy atom. The summed E-state index contributed by atoms with van der Waals surface area (Å²) in [6.07, 6.45) is 3.12. The van der Waals surface area contributed by atoms with Gasteiger partial charge in [0.05, 0.1) is 12.7 Å². The molecular formula is C19H28N2O6S. The Labute approximate surface area is 166 Å². The second-order valence-electron chi connectivity index (χ2n) is 7.09. The number of benzene rings is 1. The van der Waals surface area contributed by atoms with Crippen LogP contribution in [0.25, 0.3) is 0 Å². The van der Waals surface area contributed by atoms with Gasteiger partial charge in [-0.2, -0.15) is 0 Å². The topological polar surface area (TPSA) is 111 Å². The third-order valence-corrected chi connectivity index (χ3v) is 6.78. The highest BCUT2D eigenvalue weighted by Gasteiger charge is 2.28. The molecule has 1 fully saturated rings. The largest absolute Gasteiger partial charge is 0.495 e. The second-order valence-corrected chi connectivity index (χ2v) is 8.95. The average Bonchev–Trinajstić information content (AvgIpc) is 2.69. The average molecular weight is 413 g/mol. The molecule has 8 nitrogen and oxygen atoms in total. The number of carbonyl (C=O) groups is 2. The maximum Gasteiger partial charge on any atom is 0.338 e. The molecule has 0 aliphatic heterocycles. The van der Waals surface area contributed by atoms with Gasteiger partial charge >= 0.3 is 5.97 Å². The van der Waals surface area contributed by atoms with Crippen molar-refractivity contribution in [3.05, 3.63) is 23.8 Å². The third-order valence-electron chi connectivity index (χ3n) is 5.35. The molecule has 1 aromatic rings. The Morgan fingerprint density at radius 1 is 1.21 bits per heavy atom. The molecule has 156 valence electrons. The van der Waals surface area contributed by atoms with Crippen molar-refractivity contribution in [2.45, 2.75) is 44.0 Å². The van der Waals surface area contributed by atoms with Gasteiger partial charge in [-0.15, -0.1) is 0 Å². The number of hydrogen-bond donors (Lipinski definition) is 2. The normalized spacial score (nSPS) is 22.4. The molecule has 0 saturated heterocycles. The quantitative estimate of drug-likeness (QED) is 0.660. The van der Waals surface area contributed by atoms with Crippen LogP contribution in [0, 0.1) is 11.8 Å². The van der Waals surface area contributed by atoms with E-state index >= 15 is 0 Å². The molecule has 0 heterocycles. The monoisotopic (exact) mass is 412 g/mol. The molecule has 0 bridgehead atoms. The van der Waals surface area contributed by atoms with Crippen LogP contribution >= 0.6 is 0 Å². The SMILES string of the molecule is CNS(=O)(=O)c1cc(C(=O)OCC(=O)N[C@H]2CCC[C@@H](C)[C@H]2C)ccc1OC. The van der Waals surface area contributed by atoms with E-state index in [1.807, 2.05) is 0 Å². The molecular weight excluding hydrogens is 384 g/mol. The van der Waals surface area contributed by atoms with E-state index in [-0.39, 0.29) is 28.2 Å². The van der Waals surface area contributed by atoms with Crippen LogP contribution in [-0.2, 0) is 19.6 Å². The Bertz CT molecular complexity index is 824. The van der Waals surface area contributed by atoms with Gasteiger partial charge in [-0.25, -0.2) is 17.9 Å². The predicted octanol–water partition coefficient (Wildman–Crippen LogP) is 1.70. The summed E-state index contributed by atoms with van der Waals surface area (Å²) in [5, 5.41) is 2.93. The van der Waals surface area contributed by atoms with Gasteiger partial charge in [0.15, 0.2) is 6.61 Å². The molecule has 0 radical (unpaired) electrons. The first-order valence-electron chi connectivity index (χ1n) is 9.27. The lowest BCUT2D eigenvalue weighted by atomic mass is 9.78. The first-order chi connectivity index (χ1) is 13.2. The van der Waals surface area contributed by atoms with Crippen molar-refractivity contribution in [1.29, 1.82) is 0 Å². The van der Waals surface area contributed by atoms with Gasteiger partial charge in [-0.05, 0) is 43.5 Å². The highest BCUT2D eigenvalue weighted by molar-refractivity contribution is 7.89. The third kappa shape index (κ3) is 5.23. The lowest BCUT2D eigenvalue weighted by Gasteiger charge is -2.34. The smallest absolute Gasteiger partial charge is 0.338 e. The van der Waals surface area contributed by atoms with Crippen LogP contribution < -0.4 is 14.8 Å². The summed E-state index contributed by atoms with van der Waals surface area (Å²) in [6.45, 7) is 3.86. The molecule has 1 saturated carbocycles.